The van der Waals surface area contributed by atoms with Crippen LogP contribution in [0.1, 0.15) is 23.6 Å². The highest BCUT2D eigenvalue weighted by molar-refractivity contribution is 7.52. The van der Waals surface area contributed by atoms with Gasteiger partial charge in [-0.1, -0.05) is 18.2 Å². The minimum absolute atomic E-state index is 0.170. The second-order valence-electron chi connectivity index (χ2n) is 7.31. The summed E-state index contributed by atoms with van der Waals surface area (Å²) in [6, 6.07) is 6.92. The number of imidazole rings is 1. The first kappa shape index (κ1) is 25.6. The number of aromatic nitrogens is 2. The van der Waals surface area contributed by atoms with Crippen molar-refractivity contribution in [2.75, 3.05) is 13.7 Å². The molecule has 6 N–H and O–H groups in total. The van der Waals surface area contributed by atoms with Crippen molar-refractivity contribution in [1.82, 2.24) is 14.6 Å². The maximum atomic E-state index is 13.4. The summed E-state index contributed by atoms with van der Waals surface area (Å²) in [6.45, 7) is 0.826. The molecule has 6 atom stereocenters. The van der Waals surface area contributed by atoms with E-state index in [1.807, 2.05) is 0 Å². The minimum Gasteiger partial charge on any atom is -0.493 e. The Morgan fingerprint density at radius 3 is 2.56 bits per heavy atom. The third kappa shape index (κ3) is 5.55. The van der Waals surface area contributed by atoms with E-state index in [1.165, 1.54) is 19.1 Å². The number of para-hydroxylation sites is 1. The van der Waals surface area contributed by atoms with Gasteiger partial charge >= 0.3 is 13.7 Å². The Labute approximate surface area is 193 Å². The molecule has 34 heavy (non-hydrogen) atoms. The Bertz CT molecular complexity index is 1060. The number of rotatable bonds is 10. The van der Waals surface area contributed by atoms with Crippen LogP contribution >= 0.6 is 7.75 Å². The van der Waals surface area contributed by atoms with Gasteiger partial charge in [-0.3, -0.25) is 18.7 Å². The Kier molecular flexibility index (Phi) is 7.92. The van der Waals surface area contributed by atoms with Crippen molar-refractivity contribution in [1.29, 1.82) is 0 Å². The summed E-state index contributed by atoms with van der Waals surface area (Å²) in [4.78, 5) is 26.8. The largest absolute Gasteiger partial charge is 0.493 e. The molecule has 14 nitrogen and oxygen atoms in total. The van der Waals surface area contributed by atoms with Gasteiger partial charge in [0.15, 0.2) is 11.9 Å². The summed E-state index contributed by atoms with van der Waals surface area (Å²) in [5, 5.41) is 33.4. The van der Waals surface area contributed by atoms with Gasteiger partial charge in [-0.15, -0.1) is 0 Å². The first-order chi connectivity index (χ1) is 16.1. The van der Waals surface area contributed by atoms with Crippen LogP contribution in [0.25, 0.3) is 0 Å². The summed E-state index contributed by atoms with van der Waals surface area (Å²) < 4.78 is 35.3. The van der Waals surface area contributed by atoms with Crippen LogP contribution < -0.4 is 15.3 Å². The zero-order chi connectivity index (χ0) is 25.0. The van der Waals surface area contributed by atoms with Crippen molar-refractivity contribution in [2.24, 2.45) is 5.73 Å². The molecule has 1 aliphatic heterocycles. The maximum Gasteiger partial charge on any atom is 0.459 e. The lowest BCUT2D eigenvalue weighted by atomic mass is 10.1. The number of hydrogen-bond donors (Lipinski definition) is 5. The van der Waals surface area contributed by atoms with Crippen molar-refractivity contribution in [3.63, 3.8) is 0 Å². The summed E-state index contributed by atoms with van der Waals surface area (Å²) in [5.74, 6) is -2.23. The molecule has 0 bridgehead atoms. The van der Waals surface area contributed by atoms with Crippen molar-refractivity contribution in [2.45, 2.75) is 37.5 Å². The van der Waals surface area contributed by atoms with Crippen LogP contribution in [0.3, 0.4) is 0 Å². The number of aliphatic hydroxyl groups excluding tert-OH is 2. The van der Waals surface area contributed by atoms with Gasteiger partial charge in [-0.25, -0.2) is 9.55 Å². The fourth-order valence-corrected chi connectivity index (χ4v) is 4.66. The highest BCUT2D eigenvalue weighted by Gasteiger charge is 2.46. The van der Waals surface area contributed by atoms with Crippen LogP contribution in [0.5, 0.6) is 11.6 Å². The van der Waals surface area contributed by atoms with Crippen LogP contribution in [0, 0.1) is 0 Å². The molecule has 2 heterocycles. The molecule has 1 saturated heterocycles. The molecule has 0 radical (unpaired) electrons. The lowest BCUT2D eigenvalue weighted by Gasteiger charge is -2.24. The number of amides is 1. The van der Waals surface area contributed by atoms with E-state index in [1.54, 1.807) is 18.2 Å². The molecule has 1 unspecified atom stereocenters. The molecule has 2 aromatic rings. The Balaban J connectivity index is 1.75. The second-order valence-corrected chi connectivity index (χ2v) is 9.00. The van der Waals surface area contributed by atoms with Gasteiger partial charge in [0.05, 0.1) is 13.7 Å². The Morgan fingerprint density at radius 1 is 1.29 bits per heavy atom. The van der Waals surface area contributed by atoms with Crippen LogP contribution in [-0.4, -0.2) is 74.8 Å². The maximum absolute atomic E-state index is 13.4. The predicted octanol–water partition coefficient (Wildman–Crippen LogP) is -0.338. The molecule has 0 saturated carbocycles. The molecule has 0 aliphatic carbocycles. The van der Waals surface area contributed by atoms with E-state index in [4.69, 9.17) is 19.5 Å². The third-order valence-corrected chi connectivity index (χ3v) is 6.54. The first-order valence-corrected chi connectivity index (χ1v) is 11.5. The van der Waals surface area contributed by atoms with Gasteiger partial charge in [0.25, 0.3) is 5.91 Å². The SMILES string of the molecule is COC(=O)[C@H](C)NP(=O)(OC[C@H]1O[C@@H](n2cnc(C(N)=O)c2O)[C@H](O)[C@@H]1O)Oc1ccccc1. The number of nitrogens with one attached hydrogen (secondary N) is 1. The molecule has 0 spiro atoms. The van der Waals surface area contributed by atoms with Crippen molar-refractivity contribution < 1.29 is 48.0 Å². The molecule has 1 aromatic carbocycles. The molecule has 15 heteroatoms. The number of esters is 1. The summed E-state index contributed by atoms with van der Waals surface area (Å²) in [7, 11) is -3.07. The number of carbonyl (C=O) groups excluding carboxylic acids is 2. The molecule has 1 amide bonds. The quantitative estimate of drug-likeness (QED) is 0.210. The van der Waals surface area contributed by atoms with E-state index < -0.39 is 68.4 Å². The second kappa shape index (κ2) is 10.5. The number of nitrogens with zero attached hydrogens (tertiary/aromatic N) is 2. The molecule has 1 fully saturated rings. The highest BCUT2D eigenvalue weighted by atomic mass is 31.2. The average Bonchev–Trinajstić information content (AvgIpc) is 3.32. The number of benzene rings is 1. The van der Waals surface area contributed by atoms with Gasteiger partial charge in [-0.2, -0.15) is 5.09 Å². The van der Waals surface area contributed by atoms with Crippen LogP contribution in [0.2, 0.25) is 0 Å². The predicted molar refractivity (Wildman–Crippen MR) is 114 cm³/mol. The third-order valence-electron chi connectivity index (χ3n) is 4.90. The van der Waals surface area contributed by atoms with Gasteiger partial charge in [0.1, 0.15) is 36.4 Å². The summed E-state index contributed by atoms with van der Waals surface area (Å²) >= 11 is 0. The molecule has 3 rings (SSSR count). The van der Waals surface area contributed by atoms with Gasteiger partial charge < -0.3 is 35.1 Å². The topological polar surface area (TPSA) is 205 Å². The molecule has 1 aliphatic rings. The lowest BCUT2D eigenvalue weighted by molar-refractivity contribution is -0.142. The van der Waals surface area contributed by atoms with Crippen molar-refractivity contribution >= 4 is 19.6 Å². The molecule has 186 valence electrons. The zero-order valence-corrected chi connectivity index (χ0v) is 19.1. The van der Waals surface area contributed by atoms with E-state index in [2.05, 4.69) is 14.8 Å². The summed E-state index contributed by atoms with van der Waals surface area (Å²) in [5.41, 5.74) is 4.66. The van der Waals surface area contributed by atoms with Crippen LogP contribution in [0.4, 0.5) is 0 Å². The number of ether oxygens (including phenoxy) is 2. The lowest BCUT2D eigenvalue weighted by Crippen LogP contribution is -2.37. The van der Waals surface area contributed by atoms with Gasteiger partial charge in [0, 0.05) is 0 Å². The average molecular weight is 500 g/mol. The number of nitrogens with two attached hydrogens (primary N) is 1. The van der Waals surface area contributed by atoms with E-state index >= 15 is 0 Å². The van der Waals surface area contributed by atoms with Gasteiger partial charge in [0.2, 0.25) is 5.88 Å². The first-order valence-electron chi connectivity index (χ1n) is 9.98. The Hall–Kier alpha value is -3.00. The fourth-order valence-electron chi connectivity index (χ4n) is 3.16. The number of hydrogen-bond acceptors (Lipinski definition) is 11. The Morgan fingerprint density at radius 2 is 1.97 bits per heavy atom. The number of primary amides is 1. The number of methoxy groups -OCH3 is 1. The van der Waals surface area contributed by atoms with E-state index in [9.17, 15) is 29.5 Å². The smallest absolute Gasteiger partial charge is 0.459 e. The van der Waals surface area contributed by atoms with Crippen molar-refractivity contribution in [3.05, 3.63) is 42.4 Å². The number of carbonyl (C=O) groups is 2. The van der Waals surface area contributed by atoms with E-state index in [0.717, 1.165) is 18.0 Å². The monoisotopic (exact) mass is 500 g/mol. The van der Waals surface area contributed by atoms with Crippen LogP contribution in [-0.2, 0) is 23.4 Å². The normalized spacial score (nSPS) is 24.8. The van der Waals surface area contributed by atoms with Crippen LogP contribution in [0.15, 0.2) is 36.7 Å². The molecule has 1 aromatic heterocycles. The highest BCUT2D eigenvalue weighted by Crippen LogP contribution is 2.46. The van der Waals surface area contributed by atoms with Crippen molar-refractivity contribution in [3.8, 4) is 11.6 Å². The zero-order valence-electron chi connectivity index (χ0n) is 18.2. The summed E-state index contributed by atoms with van der Waals surface area (Å²) in [6.07, 6.45) is -4.73. The molecular weight excluding hydrogens is 475 g/mol. The fraction of sp³-hybridized carbons (Fsp3) is 0.421. The molecular formula is C19H25N4O10P. The van der Waals surface area contributed by atoms with Gasteiger partial charge in [-0.05, 0) is 19.1 Å². The number of aromatic hydroxyl groups is 1. The van der Waals surface area contributed by atoms with E-state index in [0.29, 0.717) is 0 Å². The standard InChI is InChI=1S/C19H25N4O10P/c1-10(19(28)30-2)22-34(29,33-11-6-4-3-5-7-11)31-8-12-14(24)15(25)18(32-12)23-9-21-13(16(20)26)17(23)27/h3-7,9-10,12,14-15,18,24-25,27H,8H2,1-2H3,(H2,20,26)(H,22,29)/t10-,12+,14+,15+,18+,34?/m0/s1. The van der Waals surface area contributed by atoms with E-state index in [-0.39, 0.29) is 5.75 Å². The minimum atomic E-state index is -4.23. The number of aliphatic hydroxyl groups is 2.